The summed E-state index contributed by atoms with van der Waals surface area (Å²) in [6, 6.07) is 4.34. The Morgan fingerprint density at radius 2 is 1.94 bits per heavy atom. The van der Waals surface area contributed by atoms with Crippen molar-refractivity contribution in [1.29, 1.82) is 0 Å². The summed E-state index contributed by atoms with van der Waals surface area (Å²) in [5.41, 5.74) is -1.16. The number of fused-ring (bicyclic) bond motifs is 1. The Hall–Kier alpha value is -2.50. The largest absolute Gasteiger partial charge is 0.497 e. The SMILES string of the molecule is COc1cc(OC)c2oc(=O)c(C(=O)O)cc2c1. The van der Waals surface area contributed by atoms with Gasteiger partial charge in [-0.3, -0.25) is 0 Å². The smallest absolute Gasteiger partial charge is 0.351 e. The first kappa shape index (κ1) is 12.0. The summed E-state index contributed by atoms with van der Waals surface area (Å²) in [5.74, 6) is -0.560. The summed E-state index contributed by atoms with van der Waals surface area (Å²) >= 11 is 0. The quantitative estimate of drug-likeness (QED) is 0.831. The van der Waals surface area contributed by atoms with Gasteiger partial charge in [-0.1, -0.05) is 0 Å². The molecule has 94 valence electrons. The highest BCUT2D eigenvalue weighted by Gasteiger charge is 2.15. The van der Waals surface area contributed by atoms with Crippen LogP contribution in [0, 0.1) is 0 Å². The number of carboxylic acid groups (broad SMARTS) is 1. The molecule has 0 atom stereocenters. The van der Waals surface area contributed by atoms with E-state index in [0.717, 1.165) is 0 Å². The summed E-state index contributed by atoms with van der Waals surface area (Å²) in [7, 11) is 2.89. The number of carbonyl (C=O) groups is 1. The van der Waals surface area contributed by atoms with Crippen molar-refractivity contribution >= 4 is 16.9 Å². The van der Waals surface area contributed by atoms with Crippen molar-refractivity contribution in [2.24, 2.45) is 0 Å². The molecule has 0 aliphatic heterocycles. The van der Waals surface area contributed by atoms with Gasteiger partial charge in [0.05, 0.1) is 14.2 Å². The van der Waals surface area contributed by atoms with Crippen LogP contribution in [0.3, 0.4) is 0 Å². The molecule has 1 aromatic carbocycles. The van der Waals surface area contributed by atoms with Crippen LogP contribution in [0.5, 0.6) is 11.5 Å². The standard InChI is InChI=1S/C12H10O6/c1-16-7-3-6-4-8(11(13)14)12(15)18-10(6)9(5-7)17-2/h3-5H,1-2H3,(H,13,14). The maximum atomic E-state index is 11.5. The van der Waals surface area contributed by atoms with Crippen LogP contribution in [0.2, 0.25) is 0 Å². The Bertz CT molecular complexity index is 670. The van der Waals surface area contributed by atoms with Gasteiger partial charge in [-0.05, 0) is 12.1 Å². The van der Waals surface area contributed by atoms with Crippen LogP contribution in [0.15, 0.2) is 27.4 Å². The number of hydrogen-bond donors (Lipinski definition) is 1. The van der Waals surface area contributed by atoms with Gasteiger partial charge < -0.3 is 19.0 Å². The average molecular weight is 250 g/mol. The highest BCUT2D eigenvalue weighted by molar-refractivity contribution is 5.93. The first-order valence-electron chi connectivity index (χ1n) is 5.00. The zero-order valence-corrected chi connectivity index (χ0v) is 9.72. The molecule has 6 heteroatoms. The Labute approximate surface area is 101 Å². The maximum Gasteiger partial charge on any atom is 0.351 e. The Morgan fingerprint density at radius 3 is 2.50 bits per heavy atom. The van der Waals surface area contributed by atoms with Crippen LogP contribution < -0.4 is 15.1 Å². The number of benzene rings is 1. The lowest BCUT2D eigenvalue weighted by Gasteiger charge is -2.07. The minimum absolute atomic E-state index is 0.188. The van der Waals surface area contributed by atoms with Crippen LogP contribution in [0.25, 0.3) is 11.0 Å². The summed E-state index contributed by atoms with van der Waals surface area (Å²) in [4.78, 5) is 22.3. The Balaban J connectivity index is 2.84. The van der Waals surface area contributed by atoms with Crippen LogP contribution in [0.1, 0.15) is 10.4 Å². The molecule has 0 bridgehead atoms. The molecule has 0 fully saturated rings. The molecule has 0 saturated heterocycles. The predicted octanol–water partition coefficient (Wildman–Crippen LogP) is 1.51. The van der Waals surface area contributed by atoms with Gasteiger partial charge in [0, 0.05) is 11.5 Å². The molecule has 2 aromatic rings. The fourth-order valence-corrected chi connectivity index (χ4v) is 1.59. The van der Waals surface area contributed by atoms with E-state index in [1.807, 2.05) is 0 Å². The van der Waals surface area contributed by atoms with Crippen molar-refractivity contribution < 1.29 is 23.8 Å². The van der Waals surface area contributed by atoms with Crippen molar-refractivity contribution in [3.8, 4) is 11.5 Å². The van der Waals surface area contributed by atoms with Gasteiger partial charge in [0.25, 0.3) is 0 Å². The van der Waals surface area contributed by atoms with Crippen LogP contribution in [-0.2, 0) is 0 Å². The fourth-order valence-electron chi connectivity index (χ4n) is 1.59. The summed E-state index contributed by atoms with van der Waals surface area (Å²) < 4.78 is 15.1. The molecule has 1 N–H and O–H groups in total. The summed E-state index contributed by atoms with van der Waals surface area (Å²) in [5, 5.41) is 9.28. The van der Waals surface area contributed by atoms with Gasteiger partial charge in [-0.2, -0.15) is 0 Å². The van der Waals surface area contributed by atoms with Crippen molar-refractivity contribution in [3.05, 3.63) is 34.2 Å². The fraction of sp³-hybridized carbons (Fsp3) is 0.167. The van der Waals surface area contributed by atoms with Crippen molar-refractivity contribution in [2.75, 3.05) is 14.2 Å². The van der Waals surface area contributed by atoms with Gasteiger partial charge in [0.2, 0.25) is 0 Å². The van der Waals surface area contributed by atoms with Gasteiger partial charge in [0.1, 0.15) is 11.3 Å². The highest BCUT2D eigenvalue weighted by atomic mass is 16.5. The first-order valence-corrected chi connectivity index (χ1v) is 5.00. The predicted molar refractivity (Wildman–Crippen MR) is 62.5 cm³/mol. The third kappa shape index (κ3) is 1.88. The zero-order valence-electron chi connectivity index (χ0n) is 9.72. The Kier molecular flexibility index (Phi) is 2.93. The third-order valence-corrected chi connectivity index (χ3v) is 2.46. The van der Waals surface area contributed by atoms with Gasteiger partial charge >= 0.3 is 11.6 Å². The summed E-state index contributed by atoms with van der Waals surface area (Å²) in [6.45, 7) is 0. The minimum Gasteiger partial charge on any atom is -0.497 e. The molecule has 0 spiro atoms. The maximum absolute atomic E-state index is 11.5. The molecule has 0 unspecified atom stereocenters. The topological polar surface area (TPSA) is 86.0 Å². The monoisotopic (exact) mass is 250 g/mol. The number of carboxylic acids is 1. The van der Waals surface area contributed by atoms with Crippen molar-refractivity contribution in [2.45, 2.75) is 0 Å². The van der Waals surface area contributed by atoms with Crippen molar-refractivity contribution in [3.63, 3.8) is 0 Å². The van der Waals surface area contributed by atoms with E-state index in [0.29, 0.717) is 16.9 Å². The van der Waals surface area contributed by atoms with Crippen molar-refractivity contribution in [1.82, 2.24) is 0 Å². The van der Waals surface area contributed by atoms with Gasteiger partial charge in [-0.15, -0.1) is 0 Å². The molecular formula is C12H10O6. The second-order valence-electron chi connectivity index (χ2n) is 3.50. The number of aromatic carboxylic acids is 1. The molecule has 2 rings (SSSR count). The van der Waals surface area contributed by atoms with Crippen LogP contribution >= 0.6 is 0 Å². The highest BCUT2D eigenvalue weighted by Crippen LogP contribution is 2.30. The number of ether oxygens (including phenoxy) is 2. The molecule has 1 aromatic heterocycles. The van der Waals surface area contributed by atoms with Gasteiger partial charge in [0.15, 0.2) is 11.3 Å². The molecule has 0 aliphatic carbocycles. The van der Waals surface area contributed by atoms with Crippen LogP contribution in [-0.4, -0.2) is 25.3 Å². The van der Waals surface area contributed by atoms with E-state index < -0.39 is 17.2 Å². The van der Waals surface area contributed by atoms with E-state index in [-0.39, 0.29) is 5.58 Å². The zero-order chi connectivity index (χ0) is 13.3. The number of rotatable bonds is 3. The van der Waals surface area contributed by atoms with E-state index in [2.05, 4.69) is 0 Å². The molecule has 0 radical (unpaired) electrons. The molecule has 18 heavy (non-hydrogen) atoms. The third-order valence-electron chi connectivity index (χ3n) is 2.46. The second kappa shape index (κ2) is 4.40. The van der Waals surface area contributed by atoms with Gasteiger partial charge in [-0.25, -0.2) is 9.59 Å². The normalized spacial score (nSPS) is 10.3. The molecule has 6 nitrogen and oxygen atoms in total. The minimum atomic E-state index is -1.34. The first-order chi connectivity index (χ1) is 8.56. The molecule has 0 aliphatic rings. The second-order valence-corrected chi connectivity index (χ2v) is 3.50. The van der Waals surface area contributed by atoms with E-state index in [1.165, 1.54) is 20.3 Å². The molecular weight excluding hydrogens is 240 g/mol. The van der Waals surface area contributed by atoms with E-state index in [4.69, 9.17) is 19.0 Å². The Morgan fingerprint density at radius 1 is 1.22 bits per heavy atom. The average Bonchev–Trinajstić information content (AvgIpc) is 2.36. The lowest BCUT2D eigenvalue weighted by atomic mass is 10.1. The summed E-state index contributed by atoms with van der Waals surface area (Å²) in [6.07, 6.45) is 0. The number of methoxy groups -OCH3 is 2. The lowest BCUT2D eigenvalue weighted by Crippen LogP contribution is -2.13. The molecule has 0 saturated carbocycles. The van der Waals surface area contributed by atoms with E-state index in [1.54, 1.807) is 12.1 Å². The molecule has 1 heterocycles. The van der Waals surface area contributed by atoms with Crippen LogP contribution in [0.4, 0.5) is 0 Å². The number of hydrogen-bond acceptors (Lipinski definition) is 5. The van der Waals surface area contributed by atoms with E-state index >= 15 is 0 Å². The lowest BCUT2D eigenvalue weighted by molar-refractivity contribution is 0.0692. The van der Waals surface area contributed by atoms with E-state index in [9.17, 15) is 9.59 Å². The molecule has 0 amide bonds.